The minimum atomic E-state index is -0.175. The molecule has 0 radical (unpaired) electrons. The van der Waals surface area contributed by atoms with Gasteiger partial charge in [-0.2, -0.15) is 0 Å². The Bertz CT molecular complexity index is 676. The van der Waals surface area contributed by atoms with Gasteiger partial charge in [-0.1, -0.05) is 19.3 Å². The molecule has 0 saturated heterocycles. The van der Waals surface area contributed by atoms with Crippen LogP contribution in [0.4, 0.5) is 0 Å². The summed E-state index contributed by atoms with van der Waals surface area (Å²) in [7, 11) is 0. The van der Waals surface area contributed by atoms with Gasteiger partial charge in [0.2, 0.25) is 5.88 Å². The molecular formula is C18H23N3O4. The summed E-state index contributed by atoms with van der Waals surface area (Å²) in [6, 6.07) is 1.39. The molecule has 7 heteroatoms. The highest BCUT2D eigenvalue weighted by molar-refractivity contribution is 5.51. The van der Waals surface area contributed by atoms with Crippen molar-refractivity contribution in [2.24, 2.45) is 5.92 Å². The Morgan fingerprint density at radius 2 is 1.92 bits per heavy atom. The highest BCUT2D eigenvalue weighted by Gasteiger charge is 2.32. The van der Waals surface area contributed by atoms with Gasteiger partial charge in [0.05, 0.1) is 24.6 Å². The van der Waals surface area contributed by atoms with Crippen molar-refractivity contribution < 1.29 is 19.1 Å². The lowest BCUT2D eigenvalue weighted by Crippen LogP contribution is -2.40. The predicted octanol–water partition coefficient (Wildman–Crippen LogP) is 3.34. The number of ether oxygens (including phenoxy) is 2. The van der Waals surface area contributed by atoms with Gasteiger partial charge in [-0.05, 0) is 23.9 Å². The molecule has 0 amide bonds. The first-order valence-corrected chi connectivity index (χ1v) is 9.02. The topological polar surface area (TPSA) is 90.5 Å². The van der Waals surface area contributed by atoms with Crippen LogP contribution in [-0.4, -0.2) is 39.0 Å². The van der Waals surface area contributed by atoms with Crippen LogP contribution in [0.5, 0.6) is 11.8 Å². The Labute approximate surface area is 146 Å². The van der Waals surface area contributed by atoms with Crippen molar-refractivity contribution in [3.8, 4) is 23.2 Å². The molecular weight excluding hydrogens is 322 g/mol. The molecule has 2 fully saturated rings. The first-order chi connectivity index (χ1) is 12.3. The van der Waals surface area contributed by atoms with Crippen molar-refractivity contribution in [1.82, 2.24) is 15.1 Å². The van der Waals surface area contributed by atoms with Gasteiger partial charge in [0, 0.05) is 19.4 Å². The molecule has 0 aromatic carbocycles. The van der Waals surface area contributed by atoms with Crippen LogP contribution in [0.15, 0.2) is 23.0 Å². The van der Waals surface area contributed by atoms with Gasteiger partial charge in [-0.25, -0.2) is 9.97 Å². The van der Waals surface area contributed by atoms with E-state index in [1.807, 2.05) is 0 Å². The van der Waals surface area contributed by atoms with Gasteiger partial charge in [-0.15, -0.1) is 0 Å². The van der Waals surface area contributed by atoms with Gasteiger partial charge < -0.3 is 19.1 Å². The molecule has 2 heterocycles. The molecule has 0 aliphatic heterocycles. The van der Waals surface area contributed by atoms with Crippen molar-refractivity contribution in [3.05, 3.63) is 18.5 Å². The molecule has 2 aliphatic carbocycles. The fraction of sp³-hybridized carbons (Fsp3) is 0.611. The van der Waals surface area contributed by atoms with Crippen molar-refractivity contribution in [1.29, 1.82) is 0 Å². The van der Waals surface area contributed by atoms with Gasteiger partial charge in [0.1, 0.15) is 11.8 Å². The molecule has 2 aromatic rings. The van der Waals surface area contributed by atoms with E-state index in [1.165, 1.54) is 38.2 Å². The zero-order chi connectivity index (χ0) is 17.1. The fourth-order valence-electron chi connectivity index (χ4n) is 3.44. The van der Waals surface area contributed by atoms with E-state index in [-0.39, 0.29) is 12.0 Å². The van der Waals surface area contributed by atoms with Gasteiger partial charge in [0.15, 0.2) is 5.76 Å². The fourth-order valence-corrected chi connectivity index (χ4v) is 3.44. The van der Waals surface area contributed by atoms with Crippen LogP contribution in [0.3, 0.4) is 0 Å². The summed E-state index contributed by atoms with van der Waals surface area (Å²) in [5.74, 6) is 1.44. The molecule has 134 valence electrons. The van der Waals surface area contributed by atoms with E-state index in [2.05, 4.69) is 15.1 Å². The summed E-state index contributed by atoms with van der Waals surface area (Å²) in [5, 5.41) is 12.6. The maximum absolute atomic E-state index is 9.19. The summed E-state index contributed by atoms with van der Waals surface area (Å²) < 4.78 is 16.8. The quantitative estimate of drug-likeness (QED) is 0.858. The third kappa shape index (κ3) is 4.10. The van der Waals surface area contributed by atoms with Gasteiger partial charge in [0.25, 0.3) is 5.88 Å². The number of hydrogen-bond acceptors (Lipinski definition) is 7. The molecule has 0 atom stereocenters. The van der Waals surface area contributed by atoms with E-state index >= 15 is 0 Å². The normalized spacial score (nSPS) is 24.0. The standard InChI is InChI=1S/C18H23N3O4/c22-17-8-16(25-21-17)15-9-20-18(10-19-15)24-14-6-13(7-14)23-11-12-4-2-1-3-5-12/h8-10,12-14H,1-7,11H2,(H,21,22)/t13-,14+. The van der Waals surface area contributed by atoms with Crippen LogP contribution in [-0.2, 0) is 4.74 Å². The van der Waals surface area contributed by atoms with Crippen molar-refractivity contribution >= 4 is 0 Å². The van der Waals surface area contributed by atoms with E-state index in [1.54, 1.807) is 12.4 Å². The van der Waals surface area contributed by atoms with E-state index < -0.39 is 0 Å². The van der Waals surface area contributed by atoms with Crippen LogP contribution < -0.4 is 4.74 Å². The molecule has 0 bridgehead atoms. The van der Waals surface area contributed by atoms with Crippen molar-refractivity contribution in [2.45, 2.75) is 57.2 Å². The Morgan fingerprint density at radius 3 is 2.60 bits per heavy atom. The number of rotatable bonds is 6. The zero-order valence-electron chi connectivity index (χ0n) is 14.1. The third-order valence-corrected chi connectivity index (χ3v) is 5.01. The maximum Gasteiger partial charge on any atom is 0.252 e. The zero-order valence-corrected chi connectivity index (χ0v) is 14.1. The first-order valence-electron chi connectivity index (χ1n) is 9.02. The average molecular weight is 345 g/mol. The number of nitrogens with zero attached hydrogens (tertiary/aromatic N) is 3. The lowest BCUT2D eigenvalue weighted by atomic mass is 9.89. The lowest BCUT2D eigenvalue weighted by molar-refractivity contribution is -0.0750. The molecule has 25 heavy (non-hydrogen) atoms. The third-order valence-electron chi connectivity index (χ3n) is 5.01. The summed E-state index contributed by atoms with van der Waals surface area (Å²) in [5.41, 5.74) is 0.502. The second-order valence-electron chi connectivity index (χ2n) is 6.96. The highest BCUT2D eigenvalue weighted by atomic mass is 16.5. The molecule has 1 N–H and O–H groups in total. The Kier molecular flexibility index (Phi) is 4.83. The molecule has 2 saturated carbocycles. The SMILES string of the molecule is Oc1cc(-c2cnc(O[C@H]3C[C@@H](OCC4CCCCC4)C3)cn2)on1. The van der Waals surface area contributed by atoms with Crippen molar-refractivity contribution in [3.63, 3.8) is 0 Å². The Balaban J connectivity index is 1.20. The molecule has 2 aliphatic rings. The molecule has 7 nitrogen and oxygen atoms in total. The molecule has 4 rings (SSSR count). The summed E-state index contributed by atoms with van der Waals surface area (Å²) in [4.78, 5) is 8.46. The minimum Gasteiger partial charge on any atom is -0.491 e. The monoisotopic (exact) mass is 345 g/mol. The predicted molar refractivity (Wildman–Crippen MR) is 89.2 cm³/mol. The highest BCUT2D eigenvalue weighted by Crippen LogP contribution is 2.30. The van der Waals surface area contributed by atoms with E-state index in [9.17, 15) is 5.11 Å². The second-order valence-corrected chi connectivity index (χ2v) is 6.96. The molecule has 0 unspecified atom stereocenters. The van der Waals surface area contributed by atoms with E-state index in [0.29, 0.717) is 23.4 Å². The molecule has 0 spiro atoms. The van der Waals surface area contributed by atoms with Crippen LogP contribution >= 0.6 is 0 Å². The van der Waals surface area contributed by atoms with E-state index in [0.717, 1.165) is 25.4 Å². The minimum absolute atomic E-state index is 0.144. The Morgan fingerprint density at radius 1 is 1.08 bits per heavy atom. The number of hydrogen-bond donors (Lipinski definition) is 1. The summed E-state index contributed by atoms with van der Waals surface area (Å²) in [6.45, 7) is 0.899. The Hall–Kier alpha value is -2.15. The van der Waals surface area contributed by atoms with Gasteiger partial charge >= 0.3 is 0 Å². The maximum atomic E-state index is 9.19. The van der Waals surface area contributed by atoms with Crippen molar-refractivity contribution in [2.75, 3.05) is 6.61 Å². The number of aromatic nitrogens is 3. The first kappa shape index (κ1) is 16.3. The van der Waals surface area contributed by atoms with Crippen LogP contribution in [0, 0.1) is 5.92 Å². The van der Waals surface area contributed by atoms with Gasteiger partial charge in [-0.3, -0.25) is 0 Å². The van der Waals surface area contributed by atoms with Crippen LogP contribution in [0.1, 0.15) is 44.9 Å². The second kappa shape index (κ2) is 7.39. The van der Waals surface area contributed by atoms with Crippen LogP contribution in [0.25, 0.3) is 11.5 Å². The smallest absolute Gasteiger partial charge is 0.252 e. The summed E-state index contributed by atoms with van der Waals surface area (Å²) >= 11 is 0. The average Bonchev–Trinajstić information content (AvgIpc) is 3.05. The summed E-state index contributed by atoms with van der Waals surface area (Å²) in [6.07, 6.45) is 12.1. The van der Waals surface area contributed by atoms with Crippen LogP contribution in [0.2, 0.25) is 0 Å². The molecule has 2 aromatic heterocycles. The largest absolute Gasteiger partial charge is 0.491 e. The van der Waals surface area contributed by atoms with E-state index in [4.69, 9.17) is 14.0 Å². The number of aromatic hydroxyl groups is 1. The lowest BCUT2D eigenvalue weighted by Gasteiger charge is -2.36.